The second-order valence-corrected chi connectivity index (χ2v) is 10.7. The molecule has 1 atom stereocenters. The van der Waals surface area contributed by atoms with Gasteiger partial charge >= 0.3 is 6.09 Å². The molecule has 9 nitrogen and oxygen atoms in total. The molecule has 4 aromatic rings. The van der Waals surface area contributed by atoms with E-state index in [2.05, 4.69) is 10.3 Å². The molecule has 1 amide bonds. The van der Waals surface area contributed by atoms with E-state index in [0.29, 0.717) is 60.9 Å². The number of amides is 1. The maximum absolute atomic E-state index is 13.7. The van der Waals surface area contributed by atoms with E-state index < -0.39 is 5.60 Å². The maximum atomic E-state index is 13.7. The second kappa shape index (κ2) is 11.3. The third-order valence-corrected chi connectivity index (χ3v) is 6.47. The molecule has 2 aromatic carbocycles. The predicted octanol–water partition coefficient (Wildman–Crippen LogP) is 6.17. The number of rotatable bonds is 6. The quantitative estimate of drug-likeness (QED) is 0.308. The number of benzene rings is 2. The largest absolute Gasteiger partial charge is 0.444 e. The molecule has 0 aliphatic carbocycles. The van der Waals surface area contributed by atoms with E-state index in [4.69, 9.17) is 19.1 Å². The van der Waals surface area contributed by atoms with Gasteiger partial charge in [0.05, 0.1) is 6.04 Å². The highest BCUT2D eigenvalue weighted by atomic mass is 19.1. The van der Waals surface area contributed by atoms with Crippen molar-refractivity contribution in [2.75, 3.05) is 36.4 Å². The molecule has 1 saturated heterocycles. The summed E-state index contributed by atoms with van der Waals surface area (Å²) in [5.74, 6) is 0.563. The monoisotopic (exact) mass is 544 g/mol. The number of hydrogen-bond donors (Lipinski definition) is 1. The summed E-state index contributed by atoms with van der Waals surface area (Å²) in [6.45, 7) is 9.57. The SMILES string of the molecule is C[C@H](Nc1nccc(-c2oc(N3CCN(C(=O)OC(C)(C)C)CC3)nc2-c2ccc(F)cc2)n1)c1ccccc1. The van der Waals surface area contributed by atoms with E-state index >= 15 is 0 Å². The number of carbonyl (C=O) groups is 1. The summed E-state index contributed by atoms with van der Waals surface area (Å²) in [7, 11) is 0. The molecular formula is C30H33FN6O3. The molecule has 1 aliphatic rings. The first-order chi connectivity index (χ1) is 19.2. The smallest absolute Gasteiger partial charge is 0.410 e. The zero-order valence-corrected chi connectivity index (χ0v) is 23.1. The number of hydrogen-bond acceptors (Lipinski definition) is 8. The number of piperazine rings is 1. The molecule has 2 aromatic heterocycles. The van der Waals surface area contributed by atoms with E-state index in [-0.39, 0.29) is 18.0 Å². The standard InChI is InChI=1S/C30H33FN6O3/c1-20(21-8-6-5-7-9-21)33-27-32-15-14-24(34-27)26-25(22-10-12-23(31)13-11-22)35-28(39-26)36-16-18-37(19-17-36)29(38)40-30(2,3)4/h5-15,20H,16-19H2,1-4H3,(H,32,33,34)/t20-/m0/s1. The van der Waals surface area contributed by atoms with Crippen LogP contribution in [-0.2, 0) is 4.74 Å². The number of aromatic nitrogens is 3. The molecule has 40 heavy (non-hydrogen) atoms. The Balaban J connectivity index is 1.41. The van der Waals surface area contributed by atoms with Crippen LogP contribution in [0.2, 0.25) is 0 Å². The molecule has 0 saturated carbocycles. The van der Waals surface area contributed by atoms with Gasteiger partial charge in [0, 0.05) is 37.9 Å². The highest BCUT2D eigenvalue weighted by Gasteiger charge is 2.29. The molecule has 0 unspecified atom stereocenters. The molecule has 0 bridgehead atoms. The second-order valence-electron chi connectivity index (χ2n) is 10.7. The Morgan fingerprint density at radius 2 is 1.70 bits per heavy atom. The molecule has 3 heterocycles. The lowest BCUT2D eigenvalue weighted by atomic mass is 10.1. The Morgan fingerprint density at radius 3 is 2.38 bits per heavy atom. The molecule has 1 N–H and O–H groups in total. The van der Waals surface area contributed by atoms with Crippen molar-refractivity contribution in [1.82, 2.24) is 19.9 Å². The van der Waals surface area contributed by atoms with Gasteiger partial charge < -0.3 is 24.3 Å². The van der Waals surface area contributed by atoms with Crippen LogP contribution in [0.3, 0.4) is 0 Å². The third kappa shape index (κ3) is 6.39. The van der Waals surface area contributed by atoms with Crippen LogP contribution in [0.1, 0.15) is 39.3 Å². The van der Waals surface area contributed by atoms with Gasteiger partial charge in [-0.05, 0) is 63.6 Å². The summed E-state index contributed by atoms with van der Waals surface area (Å²) in [5.41, 5.74) is 2.34. The molecule has 0 spiro atoms. The molecular weight excluding hydrogens is 511 g/mol. The molecule has 1 aliphatic heterocycles. The van der Waals surface area contributed by atoms with Crippen LogP contribution in [0.15, 0.2) is 71.3 Å². The minimum absolute atomic E-state index is 0.0143. The third-order valence-electron chi connectivity index (χ3n) is 6.47. The molecule has 208 valence electrons. The van der Waals surface area contributed by atoms with Gasteiger partial charge in [0.25, 0.3) is 6.01 Å². The minimum Gasteiger partial charge on any atom is -0.444 e. The maximum Gasteiger partial charge on any atom is 0.410 e. The van der Waals surface area contributed by atoms with E-state index in [1.807, 2.05) is 62.9 Å². The molecule has 0 radical (unpaired) electrons. The van der Waals surface area contributed by atoms with E-state index in [9.17, 15) is 9.18 Å². The van der Waals surface area contributed by atoms with Crippen LogP contribution in [0.5, 0.6) is 0 Å². The van der Waals surface area contributed by atoms with Crippen molar-refractivity contribution in [3.8, 4) is 22.7 Å². The van der Waals surface area contributed by atoms with Crippen molar-refractivity contribution in [3.63, 3.8) is 0 Å². The average Bonchev–Trinajstić information content (AvgIpc) is 3.39. The van der Waals surface area contributed by atoms with Crippen molar-refractivity contribution < 1.29 is 18.3 Å². The Kier molecular flexibility index (Phi) is 7.68. The Hall–Kier alpha value is -4.47. The van der Waals surface area contributed by atoms with Crippen LogP contribution in [0, 0.1) is 5.82 Å². The van der Waals surface area contributed by atoms with E-state index in [0.717, 1.165) is 5.56 Å². The van der Waals surface area contributed by atoms with Gasteiger partial charge in [-0.25, -0.2) is 19.2 Å². The highest BCUT2D eigenvalue weighted by Crippen LogP contribution is 2.35. The number of nitrogens with one attached hydrogen (secondary N) is 1. The number of carbonyl (C=O) groups excluding carboxylic acids is 1. The molecule has 10 heteroatoms. The summed E-state index contributed by atoms with van der Waals surface area (Å²) >= 11 is 0. The van der Waals surface area contributed by atoms with Crippen LogP contribution in [0.25, 0.3) is 22.7 Å². The first kappa shape index (κ1) is 27.1. The van der Waals surface area contributed by atoms with Crippen LogP contribution >= 0.6 is 0 Å². The normalized spacial score (nSPS) is 14.6. The Labute approximate surface area is 233 Å². The lowest BCUT2D eigenvalue weighted by molar-refractivity contribution is 0.0239. The van der Waals surface area contributed by atoms with Crippen LogP contribution in [-0.4, -0.2) is 57.7 Å². The lowest BCUT2D eigenvalue weighted by Gasteiger charge is -2.34. The number of nitrogens with zero attached hydrogens (tertiary/aromatic N) is 5. The summed E-state index contributed by atoms with van der Waals surface area (Å²) in [6.07, 6.45) is 1.33. The van der Waals surface area contributed by atoms with Crippen molar-refractivity contribution in [2.45, 2.75) is 39.3 Å². The van der Waals surface area contributed by atoms with Gasteiger partial charge in [0.15, 0.2) is 5.76 Å². The van der Waals surface area contributed by atoms with E-state index in [1.165, 1.54) is 12.1 Å². The first-order valence-corrected chi connectivity index (χ1v) is 13.3. The summed E-state index contributed by atoms with van der Waals surface area (Å²) < 4.78 is 25.5. The van der Waals surface area contributed by atoms with Crippen molar-refractivity contribution in [3.05, 3.63) is 78.2 Å². The van der Waals surface area contributed by atoms with Gasteiger partial charge in [-0.15, -0.1) is 0 Å². The zero-order valence-electron chi connectivity index (χ0n) is 23.1. The summed E-state index contributed by atoms with van der Waals surface area (Å²) in [4.78, 5) is 30.1. The van der Waals surface area contributed by atoms with Crippen LogP contribution < -0.4 is 10.2 Å². The summed E-state index contributed by atoms with van der Waals surface area (Å²) in [5, 5.41) is 3.34. The fraction of sp³-hybridized carbons (Fsp3) is 0.333. The fourth-order valence-corrected chi connectivity index (χ4v) is 4.40. The number of anilines is 2. The summed E-state index contributed by atoms with van der Waals surface area (Å²) in [6, 6.07) is 18.3. The van der Waals surface area contributed by atoms with Gasteiger partial charge in [0.2, 0.25) is 5.95 Å². The van der Waals surface area contributed by atoms with Crippen LogP contribution in [0.4, 0.5) is 21.1 Å². The topological polar surface area (TPSA) is 96.6 Å². The van der Waals surface area contributed by atoms with Crippen molar-refractivity contribution in [2.24, 2.45) is 0 Å². The minimum atomic E-state index is -0.556. The Bertz CT molecular complexity index is 1440. The number of oxazole rings is 1. The first-order valence-electron chi connectivity index (χ1n) is 13.3. The number of halogens is 1. The number of ether oxygens (including phenoxy) is 1. The molecule has 5 rings (SSSR count). The highest BCUT2D eigenvalue weighted by molar-refractivity contribution is 5.77. The lowest BCUT2D eigenvalue weighted by Crippen LogP contribution is -2.50. The van der Waals surface area contributed by atoms with E-state index in [1.54, 1.807) is 29.3 Å². The average molecular weight is 545 g/mol. The van der Waals surface area contributed by atoms with Gasteiger partial charge in [-0.1, -0.05) is 30.3 Å². The van der Waals surface area contributed by atoms with Crippen molar-refractivity contribution in [1.29, 1.82) is 0 Å². The van der Waals surface area contributed by atoms with Gasteiger partial charge in [0.1, 0.15) is 22.8 Å². The zero-order chi connectivity index (χ0) is 28.3. The van der Waals surface area contributed by atoms with Gasteiger partial charge in [-0.2, -0.15) is 4.98 Å². The predicted molar refractivity (Wildman–Crippen MR) is 151 cm³/mol. The molecule has 1 fully saturated rings. The Morgan fingerprint density at radius 1 is 1.00 bits per heavy atom. The van der Waals surface area contributed by atoms with Gasteiger partial charge in [-0.3, -0.25) is 0 Å². The fourth-order valence-electron chi connectivity index (χ4n) is 4.40. The van der Waals surface area contributed by atoms with Crippen molar-refractivity contribution >= 4 is 18.1 Å².